The number of rotatable bonds is 4. The molecule has 2 aromatic rings. The molecule has 0 aromatic heterocycles. The first-order valence-corrected chi connectivity index (χ1v) is 9.00. The Morgan fingerprint density at radius 3 is 2.41 bits per heavy atom. The smallest absolute Gasteiger partial charge is 0.442 e. The number of benzene rings is 2. The van der Waals surface area contributed by atoms with Crippen molar-refractivity contribution in [3.05, 3.63) is 77.7 Å². The van der Waals surface area contributed by atoms with Crippen LogP contribution in [0.25, 0.3) is 0 Å². The lowest BCUT2D eigenvalue weighted by molar-refractivity contribution is -0.274. The molecule has 29 heavy (non-hydrogen) atoms. The normalized spacial score (nSPS) is 21.2. The fourth-order valence-corrected chi connectivity index (χ4v) is 3.15. The SMILES string of the molecule is FC(F)(F)Oc1ccc(C2CC(OC3=CN=CC(c4ccccc4)C3)=NO2)cc1. The molecule has 2 atom stereocenters. The number of oxime groups is 1. The lowest BCUT2D eigenvalue weighted by Crippen LogP contribution is -2.17. The lowest BCUT2D eigenvalue weighted by Gasteiger charge is -2.18. The maximum Gasteiger partial charge on any atom is 0.573 e. The molecule has 0 aliphatic carbocycles. The van der Waals surface area contributed by atoms with Crippen molar-refractivity contribution in [2.24, 2.45) is 10.1 Å². The van der Waals surface area contributed by atoms with Crippen LogP contribution >= 0.6 is 0 Å². The number of aliphatic imine (C=N–C) groups is 1. The van der Waals surface area contributed by atoms with Crippen molar-refractivity contribution < 1.29 is 27.5 Å². The zero-order chi connectivity index (χ0) is 20.3. The predicted molar refractivity (Wildman–Crippen MR) is 100 cm³/mol. The summed E-state index contributed by atoms with van der Waals surface area (Å²) >= 11 is 0. The van der Waals surface area contributed by atoms with Crippen molar-refractivity contribution in [2.45, 2.75) is 31.2 Å². The van der Waals surface area contributed by atoms with Gasteiger partial charge in [-0.3, -0.25) is 4.99 Å². The Morgan fingerprint density at radius 2 is 1.69 bits per heavy atom. The number of hydrogen-bond donors (Lipinski definition) is 0. The minimum Gasteiger partial charge on any atom is -0.442 e. The van der Waals surface area contributed by atoms with E-state index in [1.165, 1.54) is 24.3 Å². The Morgan fingerprint density at radius 1 is 0.931 bits per heavy atom. The van der Waals surface area contributed by atoms with Crippen LogP contribution in [0.5, 0.6) is 5.75 Å². The Balaban J connectivity index is 1.33. The Bertz CT molecular complexity index is 938. The fraction of sp³-hybridized carbons (Fsp3) is 0.238. The van der Waals surface area contributed by atoms with Gasteiger partial charge in [0.05, 0.1) is 12.6 Å². The minimum absolute atomic E-state index is 0.121. The maximum atomic E-state index is 12.3. The van der Waals surface area contributed by atoms with Crippen molar-refractivity contribution in [3.63, 3.8) is 0 Å². The van der Waals surface area contributed by atoms with Crippen molar-refractivity contribution in [1.29, 1.82) is 0 Å². The first kappa shape index (κ1) is 19.0. The summed E-state index contributed by atoms with van der Waals surface area (Å²) in [4.78, 5) is 9.64. The number of nitrogens with zero attached hydrogens (tertiary/aromatic N) is 2. The highest BCUT2D eigenvalue weighted by Gasteiger charge is 2.31. The Kier molecular flexibility index (Phi) is 5.24. The Labute approximate surface area is 165 Å². The van der Waals surface area contributed by atoms with Crippen molar-refractivity contribution in [1.82, 2.24) is 0 Å². The predicted octanol–water partition coefficient (Wildman–Crippen LogP) is 5.48. The van der Waals surface area contributed by atoms with E-state index >= 15 is 0 Å². The topological polar surface area (TPSA) is 52.4 Å². The molecule has 150 valence electrons. The van der Waals surface area contributed by atoms with E-state index in [0.717, 1.165) is 5.56 Å². The summed E-state index contributed by atoms with van der Waals surface area (Å²) in [6, 6.07) is 15.5. The van der Waals surface area contributed by atoms with Gasteiger partial charge in [-0.2, -0.15) is 0 Å². The van der Waals surface area contributed by atoms with E-state index in [9.17, 15) is 13.2 Å². The summed E-state index contributed by atoms with van der Waals surface area (Å²) in [5.74, 6) is 0.920. The molecule has 0 fully saturated rings. The highest BCUT2D eigenvalue weighted by Crippen LogP contribution is 2.32. The third kappa shape index (κ3) is 4.96. The maximum absolute atomic E-state index is 12.3. The zero-order valence-corrected chi connectivity index (χ0v) is 15.2. The van der Waals surface area contributed by atoms with Gasteiger partial charge < -0.3 is 14.3 Å². The van der Waals surface area contributed by atoms with Crippen molar-refractivity contribution in [3.8, 4) is 5.75 Å². The van der Waals surface area contributed by atoms with E-state index in [-0.39, 0.29) is 11.7 Å². The van der Waals surface area contributed by atoms with E-state index < -0.39 is 12.5 Å². The first-order chi connectivity index (χ1) is 14.0. The molecule has 2 aliphatic heterocycles. The highest BCUT2D eigenvalue weighted by molar-refractivity contribution is 5.79. The van der Waals surface area contributed by atoms with Gasteiger partial charge in [-0.05, 0) is 23.3 Å². The molecule has 2 unspecified atom stereocenters. The third-order valence-corrected chi connectivity index (χ3v) is 4.51. The molecule has 8 heteroatoms. The molecule has 0 bridgehead atoms. The molecule has 0 radical (unpaired) electrons. The number of halogens is 3. The summed E-state index contributed by atoms with van der Waals surface area (Å²) in [6.45, 7) is 0. The molecule has 0 N–H and O–H groups in total. The second-order valence-electron chi connectivity index (χ2n) is 6.62. The van der Waals surface area contributed by atoms with E-state index in [2.05, 4.69) is 14.9 Å². The molecule has 2 heterocycles. The fourth-order valence-electron chi connectivity index (χ4n) is 3.15. The Hall–Kier alpha value is -3.29. The molecule has 0 spiro atoms. The van der Waals surface area contributed by atoms with Crippen molar-refractivity contribution >= 4 is 12.1 Å². The number of hydrogen-bond acceptors (Lipinski definition) is 5. The van der Waals surface area contributed by atoms with Gasteiger partial charge in [-0.15, -0.1) is 13.2 Å². The third-order valence-electron chi connectivity index (χ3n) is 4.51. The van der Waals surface area contributed by atoms with Crippen LogP contribution in [0.1, 0.15) is 36.0 Å². The number of alkyl halides is 3. The standard InChI is InChI=1S/C21H17F3N2O3/c22-21(23,24)28-17-8-6-15(7-9-17)19-11-20(26-29-19)27-18-10-16(12-25-13-18)14-4-2-1-3-5-14/h1-9,12-13,16,19H,10-11H2. The second-order valence-corrected chi connectivity index (χ2v) is 6.62. The van der Waals surface area contributed by atoms with Gasteiger partial charge in [-0.25, -0.2) is 0 Å². The summed E-state index contributed by atoms with van der Waals surface area (Å²) in [7, 11) is 0. The first-order valence-electron chi connectivity index (χ1n) is 9.00. The van der Waals surface area contributed by atoms with Crippen molar-refractivity contribution in [2.75, 3.05) is 0 Å². The van der Waals surface area contributed by atoms with Crippen LogP contribution in [0, 0.1) is 0 Å². The summed E-state index contributed by atoms with van der Waals surface area (Å²) in [5, 5.41) is 3.96. The number of ether oxygens (including phenoxy) is 2. The average molecular weight is 402 g/mol. The van der Waals surface area contributed by atoms with Crippen LogP contribution in [-0.2, 0) is 9.57 Å². The van der Waals surface area contributed by atoms with E-state index in [0.29, 0.717) is 30.1 Å². The molecule has 0 saturated carbocycles. The molecule has 5 nitrogen and oxygen atoms in total. The lowest BCUT2D eigenvalue weighted by atomic mass is 9.95. The van der Waals surface area contributed by atoms with Gasteiger partial charge >= 0.3 is 6.36 Å². The average Bonchev–Trinajstić information content (AvgIpc) is 3.17. The van der Waals surface area contributed by atoms with Crippen LogP contribution in [-0.4, -0.2) is 18.5 Å². The molecule has 0 saturated heterocycles. The van der Waals surface area contributed by atoms with Crippen LogP contribution in [0.3, 0.4) is 0 Å². The quantitative estimate of drug-likeness (QED) is 0.681. The van der Waals surface area contributed by atoms with Gasteiger partial charge in [0.2, 0.25) is 5.90 Å². The van der Waals surface area contributed by atoms with Gasteiger partial charge in [0.25, 0.3) is 0 Å². The van der Waals surface area contributed by atoms with Gasteiger partial charge in [0.15, 0.2) is 6.10 Å². The summed E-state index contributed by atoms with van der Waals surface area (Å²) < 4.78 is 46.5. The zero-order valence-electron chi connectivity index (χ0n) is 15.2. The van der Waals surface area contributed by atoms with E-state index in [4.69, 9.17) is 9.57 Å². The van der Waals surface area contributed by atoms with Crippen LogP contribution in [0.4, 0.5) is 13.2 Å². The summed E-state index contributed by atoms with van der Waals surface area (Å²) in [5.41, 5.74) is 1.83. The highest BCUT2D eigenvalue weighted by atomic mass is 19.4. The van der Waals surface area contributed by atoms with Crippen LogP contribution in [0.2, 0.25) is 0 Å². The van der Waals surface area contributed by atoms with Gasteiger partial charge in [0, 0.05) is 18.6 Å². The van der Waals surface area contributed by atoms with Gasteiger partial charge in [-0.1, -0.05) is 47.6 Å². The molecule has 2 aliphatic rings. The van der Waals surface area contributed by atoms with E-state index in [1.54, 1.807) is 6.20 Å². The summed E-state index contributed by atoms with van der Waals surface area (Å²) in [6.07, 6.45) is -0.593. The second kappa shape index (κ2) is 7.98. The molecular weight excluding hydrogens is 385 g/mol. The molecular formula is C21H17F3N2O3. The number of allylic oxidation sites excluding steroid dienone is 1. The van der Waals surface area contributed by atoms with Gasteiger partial charge in [0.1, 0.15) is 11.5 Å². The largest absolute Gasteiger partial charge is 0.573 e. The van der Waals surface area contributed by atoms with Crippen LogP contribution in [0.15, 0.2) is 76.7 Å². The molecule has 4 rings (SSSR count). The monoisotopic (exact) mass is 402 g/mol. The minimum atomic E-state index is -4.72. The van der Waals surface area contributed by atoms with E-state index in [1.807, 2.05) is 36.5 Å². The molecule has 0 amide bonds. The molecule has 2 aromatic carbocycles. The van der Waals surface area contributed by atoms with Crippen LogP contribution < -0.4 is 4.74 Å².